The van der Waals surface area contributed by atoms with E-state index in [2.05, 4.69) is 26.4 Å². The second kappa shape index (κ2) is 4.42. The summed E-state index contributed by atoms with van der Waals surface area (Å²) in [6.07, 6.45) is 2.28. The second-order valence-electron chi connectivity index (χ2n) is 4.64. The van der Waals surface area contributed by atoms with Crippen LogP contribution in [0.3, 0.4) is 0 Å². The maximum atomic E-state index is 12.3. The Morgan fingerprint density at radius 2 is 2.47 bits per heavy atom. The van der Waals surface area contributed by atoms with Gasteiger partial charge in [0, 0.05) is 31.7 Å². The fraction of sp³-hybridized carbons (Fsp3) is 0.636. The van der Waals surface area contributed by atoms with E-state index in [0.29, 0.717) is 22.3 Å². The number of amides is 1. The molecular formula is C11H14BrN3O2. The molecule has 2 aliphatic heterocycles. The minimum Gasteiger partial charge on any atom is -0.350 e. The normalized spacial score (nSPS) is 28.2. The molecule has 1 aromatic heterocycles. The molecule has 0 bridgehead atoms. The van der Waals surface area contributed by atoms with Crippen LogP contribution in [0.2, 0.25) is 0 Å². The number of nitrogens with zero attached hydrogens (tertiary/aromatic N) is 2. The number of halogens is 1. The van der Waals surface area contributed by atoms with Crippen molar-refractivity contribution in [1.82, 2.24) is 15.4 Å². The highest BCUT2D eigenvalue weighted by molar-refractivity contribution is 9.10. The number of carbonyl (C=O) groups excluding carboxylic acids is 1. The molecule has 3 heterocycles. The number of piperidine rings is 1. The molecule has 3 rings (SSSR count). The molecule has 5 nitrogen and oxygen atoms in total. The molecule has 17 heavy (non-hydrogen) atoms. The van der Waals surface area contributed by atoms with E-state index < -0.39 is 0 Å². The van der Waals surface area contributed by atoms with Gasteiger partial charge in [0.05, 0.1) is 0 Å². The molecule has 2 atom stereocenters. The number of fused-ring (bicyclic) bond motifs is 1. The zero-order valence-corrected chi connectivity index (χ0v) is 10.9. The largest absolute Gasteiger partial charge is 0.350 e. The molecule has 2 saturated heterocycles. The van der Waals surface area contributed by atoms with Gasteiger partial charge in [-0.3, -0.25) is 4.79 Å². The standard InChI is InChI=1S/C11H14BrN3O2/c12-10-4-9(17-14-10)11(16)15-3-1-2-7-5-13-6-8(7)15/h4,7-8,13H,1-3,5-6H2. The van der Waals surface area contributed by atoms with Gasteiger partial charge in [0.15, 0.2) is 0 Å². The van der Waals surface area contributed by atoms with Crippen LogP contribution < -0.4 is 5.32 Å². The van der Waals surface area contributed by atoms with E-state index in [4.69, 9.17) is 4.52 Å². The summed E-state index contributed by atoms with van der Waals surface area (Å²) in [7, 11) is 0. The van der Waals surface area contributed by atoms with Crippen molar-refractivity contribution in [3.8, 4) is 0 Å². The van der Waals surface area contributed by atoms with E-state index in [9.17, 15) is 4.79 Å². The van der Waals surface area contributed by atoms with E-state index in [1.165, 1.54) is 6.42 Å². The fourth-order valence-corrected chi connectivity index (χ4v) is 3.10. The minimum atomic E-state index is -0.0402. The van der Waals surface area contributed by atoms with Crippen LogP contribution in [0.1, 0.15) is 23.4 Å². The Bertz CT molecular complexity index is 434. The first-order chi connectivity index (χ1) is 8.25. The lowest BCUT2D eigenvalue weighted by molar-refractivity contribution is 0.0533. The van der Waals surface area contributed by atoms with Crippen LogP contribution in [0.4, 0.5) is 0 Å². The minimum absolute atomic E-state index is 0.0402. The van der Waals surface area contributed by atoms with Crippen LogP contribution >= 0.6 is 15.9 Å². The number of rotatable bonds is 1. The first kappa shape index (κ1) is 11.2. The Hall–Kier alpha value is -0.880. The Kier molecular flexibility index (Phi) is 2.92. The number of hydrogen-bond donors (Lipinski definition) is 1. The molecule has 1 amide bonds. The fourth-order valence-electron chi connectivity index (χ4n) is 2.82. The van der Waals surface area contributed by atoms with Crippen LogP contribution in [0.25, 0.3) is 0 Å². The van der Waals surface area contributed by atoms with Gasteiger partial charge < -0.3 is 14.7 Å². The van der Waals surface area contributed by atoms with Gasteiger partial charge in [-0.25, -0.2) is 0 Å². The predicted octanol–water partition coefficient (Wildman–Crippen LogP) is 1.26. The number of aromatic nitrogens is 1. The summed E-state index contributed by atoms with van der Waals surface area (Å²) < 4.78 is 5.59. The Morgan fingerprint density at radius 1 is 1.59 bits per heavy atom. The van der Waals surface area contributed by atoms with E-state index in [-0.39, 0.29) is 5.91 Å². The molecule has 0 aromatic carbocycles. The maximum absolute atomic E-state index is 12.3. The lowest BCUT2D eigenvalue weighted by Gasteiger charge is -2.36. The van der Waals surface area contributed by atoms with Crippen molar-refractivity contribution >= 4 is 21.8 Å². The summed E-state index contributed by atoms with van der Waals surface area (Å²) in [5.41, 5.74) is 0. The van der Waals surface area contributed by atoms with Crippen molar-refractivity contribution in [2.75, 3.05) is 19.6 Å². The Morgan fingerprint density at radius 3 is 3.24 bits per heavy atom. The molecule has 2 unspecified atom stereocenters. The third-order valence-electron chi connectivity index (χ3n) is 3.63. The Balaban J connectivity index is 1.81. The molecule has 0 radical (unpaired) electrons. The average Bonchev–Trinajstić information content (AvgIpc) is 2.95. The van der Waals surface area contributed by atoms with E-state index in [1.807, 2.05) is 4.90 Å². The molecule has 2 fully saturated rings. The zero-order chi connectivity index (χ0) is 11.8. The summed E-state index contributed by atoms with van der Waals surface area (Å²) in [6, 6.07) is 1.95. The molecular weight excluding hydrogens is 286 g/mol. The van der Waals surface area contributed by atoms with Crippen LogP contribution in [-0.4, -0.2) is 41.6 Å². The van der Waals surface area contributed by atoms with Crippen LogP contribution in [0.5, 0.6) is 0 Å². The lowest BCUT2D eigenvalue weighted by atomic mass is 9.92. The van der Waals surface area contributed by atoms with Gasteiger partial charge in [-0.05, 0) is 34.7 Å². The van der Waals surface area contributed by atoms with Crippen molar-refractivity contribution in [3.63, 3.8) is 0 Å². The molecule has 0 saturated carbocycles. The first-order valence-electron chi connectivity index (χ1n) is 5.89. The van der Waals surface area contributed by atoms with E-state index >= 15 is 0 Å². The topological polar surface area (TPSA) is 58.4 Å². The van der Waals surface area contributed by atoms with Gasteiger partial charge in [0.2, 0.25) is 5.76 Å². The van der Waals surface area contributed by atoms with Crippen molar-refractivity contribution in [3.05, 3.63) is 16.4 Å². The van der Waals surface area contributed by atoms with Crippen LogP contribution in [0.15, 0.2) is 15.2 Å². The molecule has 2 aliphatic rings. The highest BCUT2D eigenvalue weighted by Crippen LogP contribution is 2.28. The summed E-state index contributed by atoms with van der Waals surface area (Å²) in [4.78, 5) is 14.2. The van der Waals surface area contributed by atoms with Gasteiger partial charge in [-0.15, -0.1) is 0 Å². The monoisotopic (exact) mass is 299 g/mol. The predicted molar refractivity (Wildman–Crippen MR) is 64.6 cm³/mol. The second-order valence-corrected chi connectivity index (χ2v) is 5.45. The smallest absolute Gasteiger partial charge is 0.292 e. The third kappa shape index (κ3) is 1.99. The van der Waals surface area contributed by atoms with Crippen LogP contribution in [0, 0.1) is 5.92 Å². The quantitative estimate of drug-likeness (QED) is 0.848. The van der Waals surface area contributed by atoms with Gasteiger partial charge >= 0.3 is 0 Å². The lowest BCUT2D eigenvalue weighted by Crippen LogP contribution is -2.48. The molecule has 1 aromatic rings. The number of carbonyl (C=O) groups is 1. The van der Waals surface area contributed by atoms with Gasteiger partial charge in [0.1, 0.15) is 4.60 Å². The van der Waals surface area contributed by atoms with Crippen molar-refractivity contribution in [2.45, 2.75) is 18.9 Å². The molecule has 92 valence electrons. The summed E-state index contributed by atoms with van der Waals surface area (Å²) in [5, 5.41) is 7.05. The third-order valence-corrected chi connectivity index (χ3v) is 4.01. The van der Waals surface area contributed by atoms with Gasteiger partial charge in [-0.2, -0.15) is 0 Å². The zero-order valence-electron chi connectivity index (χ0n) is 9.36. The SMILES string of the molecule is O=C(c1cc(Br)no1)N1CCCC2CNCC21. The molecule has 6 heteroatoms. The van der Waals surface area contributed by atoms with Crippen molar-refractivity contribution < 1.29 is 9.32 Å². The van der Waals surface area contributed by atoms with Crippen molar-refractivity contribution in [1.29, 1.82) is 0 Å². The number of hydrogen-bond acceptors (Lipinski definition) is 4. The summed E-state index contributed by atoms with van der Waals surface area (Å²) in [5.74, 6) is 0.880. The van der Waals surface area contributed by atoms with Crippen molar-refractivity contribution in [2.24, 2.45) is 5.92 Å². The van der Waals surface area contributed by atoms with E-state index in [1.54, 1.807) is 6.07 Å². The van der Waals surface area contributed by atoms with E-state index in [0.717, 1.165) is 26.1 Å². The highest BCUT2D eigenvalue weighted by atomic mass is 79.9. The summed E-state index contributed by atoms with van der Waals surface area (Å²) in [6.45, 7) is 2.74. The first-order valence-corrected chi connectivity index (χ1v) is 6.69. The maximum Gasteiger partial charge on any atom is 0.292 e. The molecule has 0 spiro atoms. The Labute approximate surface area is 108 Å². The van der Waals surface area contributed by atoms with Gasteiger partial charge in [-0.1, -0.05) is 5.16 Å². The molecule has 0 aliphatic carbocycles. The number of likely N-dealkylation sites (tertiary alicyclic amines) is 1. The highest BCUT2D eigenvalue weighted by Gasteiger charge is 2.38. The van der Waals surface area contributed by atoms with Crippen LogP contribution in [-0.2, 0) is 0 Å². The summed E-state index contributed by atoms with van der Waals surface area (Å²) >= 11 is 3.19. The average molecular weight is 300 g/mol. The number of nitrogens with one attached hydrogen (secondary N) is 1. The molecule has 1 N–H and O–H groups in total. The van der Waals surface area contributed by atoms with Gasteiger partial charge in [0.25, 0.3) is 5.91 Å².